The standard InChI is InChI=1S/C30H40N4O2S3/c1-21-13-11-16-24(34-27(35)17-9-7-5-3-4-6-8-10-18-31)28(21)22-14-12-15-23(19-22)39(36)26-20-25(29(32)33)38-30(26)37-2/h11-16,19-20H,3-10,17-18,31H2,1-2H3,(H3,32,33)(H,34,35). The van der Waals surface area contributed by atoms with Gasteiger partial charge >= 0.3 is 0 Å². The largest absolute Gasteiger partial charge is 0.383 e. The zero-order valence-electron chi connectivity index (χ0n) is 22.9. The number of rotatable bonds is 16. The number of benzene rings is 2. The number of amidine groups is 1. The molecule has 210 valence electrons. The van der Waals surface area contributed by atoms with Crippen molar-refractivity contribution >= 4 is 51.3 Å². The van der Waals surface area contributed by atoms with Gasteiger partial charge in [0.2, 0.25) is 5.91 Å². The van der Waals surface area contributed by atoms with Gasteiger partial charge in [-0.15, -0.1) is 23.1 Å². The molecule has 1 heterocycles. The highest BCUT2D eigenvalue weighted by Gasteiger charge is 2.19. The molecule has 0 spiro atoms. The Morgan fingerprint density at radius 3 is 2.33 bits per heavy atom. The first kappa shape index (κ1) is 31.1. The molecule has 0 aliphatic heterocycles. The molecule has 39 heavy (non-hydrogen) atoms. The molecule has 1 amide bonds. The first-order chi connectivity index (χ1) is 18.8. The molecule has 0 aliphatic carbocycles. The average molecular weight is 585 g/mol. The number of unbranched alkanes of at least 4 members (excludes halogenated alkanes) is 7. The molecule has 9 heteroatoms. The monoisotopic (exact) mass is 584 g/mol. The van der Waals surface area contributed by atoms with Crippen molar-refractivity contribution < 1.29 is 9.00 Å². The van der Waals surface area contributed by atoms with E-state index in [1.54, 1.807) is 6.07 Å². The number of thioether (sulfide) groups is 1. The van der Waals surface area contributed by atoms with Crippen LogP contribution < -0.4 is 16.8 Å². The lowest BCUT2D eigenvalue weighted by Gasteiger charge is -2.15. The zero-order chi connectivity index (χ0) is 28.2. The third-order valence-electron chi connectivity index (χ3n) is 6.56. The molecule has 1 unspecified atom stereocenters. The Morgan fingerprint density at radius 1 is 1.00 bits per heavy atom. The van der Waals surface area contributed by atoms with E-state index in [-0.39, 0.29) is 11.7 Å². The van der Waals surface area contributed by atoms with Gasteiger partial charge in [-0.25, -0.2) is 4.21 Å². The number of hydrogen-bond acceptors (Lipinski definition) is 6. The second-order valence-electron chi connectivity index (χ2n) is 9.59. The Bertz CT molecular complexity index is 1290. The Hall–Kier alpha value is -2.46. The van der Waals surface area contributed by atoms with Crippen LogP contribution in [-0.2, 0) is 15.6 Å². The van der Waals surface area contributed by atoms with Crippen LogP contribution in [0.3, 0.4) is 0 Å². The zero-order valence-corrected chi connectivity index (χ0v) is 25.3. The summed E-state index contributed by atoms with van der Waals surface area (Å²) in [5, 5.41) is 10.9. The van der Waals surface area contributed by atoms with Gasteiger partial charge in [-0.2, -0.15) is 0 Å². The van der Waals surface area contributed by atoms with Gasteiger partial charge in [0.05, 0.1) is 24.8 Å². The van der Waals surface area contributed by atoms with Crippen LogP contribution in [0.15, 0.2) is 62.5 Å². The van der Waals surface area contributed by atoms with E-state index in [1.807, 2.05) is 55.6 Å². The van der Waals surface area contributed by atoms with Crippen molar-refractivity contribution in [3.8, 4) is 11.1 Å². The molecule has 0 saturated heterocycles. The molecule has 6 nitrogen and oxygen atoms in total. The Morgan fingerprint density at radius 2 is 1.67 bits per heavy atom. The maximum Gasteiger partial charge on any atom is 0.224 e. The van der Waals surface area contributed by atoms with Crippen LogP contribution in [-0.4, -0.2) is 28.8 Å². The summed E-state index contributed by atoms with van der Waals surface area (Å²) in [7, 11) is -1.43. The van der Waals surface area contributed by atoms with Crippen LogP contribution >= 0.6 is 23.1 Å². The number of thiophene rings is 1. The van der Waals surface area contributed by atoms with Crippen molar-refractivity contribution in [2.24, 2.45) is 11.5 Å². The van der Waals surface area contributed by atoms with Gasteiger partial charge in [-0.1, -0.05) is 62.8 Å². The van der Waals surface area contributed by atoms with Crippen LogP contribution in [0.4, 0.5) is 5.69 Å². The minimum atomic E-state index is -1.43. The summed E-state index contributed by atoms with van der Waals surface area (Å²) < 4.78 is 14.5. The van der Waals surface area contributed by atoms with Gasteiger partial charge in [0.25, 0.3) is 0 Å². The Kier molecular flexibility index (Phi) is 12.7. The minimum absolute atomic E-state index is 0.0178. The predicted octanol–water partition coefficient (Wildman–Crippen LogP) is 7.30. The highest BCUT2D eigenvalue weighted by Crippen LogP contribution is 2.37. The fraction of sp³-hybridized carbons (Fsp3) is 0.400. The van der Waals surface area contributed by atoms with E-state index in [4.69, 9.17) is 16.9 Å². The number of anilines is 1. The van der Waals surface area contributed by atoms with Crippen molar-refractivity contribution in [2.75, 3.05) is 18.1 Å². The van der Waals surface area contributed by atoms with Gasteiger partial charge in [-0.05, 0) is 68.0 Å². The van der Waals surface area contributed by atoms with E-state index in [9.17, 15) is 9.00 Å². The van der Waals surface area contributed by atoms with E-state index >= 15 is 0 Å². The molecule has 0 fully saturated rings. The molecule has 0 bridgehead atoms. The quantitative estimate of drug-likeness (QED) is 0.0609. The lowest BCUT2D eigenvalue weighted by Crippen LogP contribution is -2.12. The number of aryl methyl sites for hydroxylation is 1. The van der Waals surface area contributed by atoms with E-state index < -0.39 is 10.8 Å². The number of hydrogen-bond donors (Lipinski definition) is 4. The van der Waals surface area contributed by atoms with Crippen molar-refractivity contribution in [2.45, 2.75) is 78.7 Å². The summed E-state index contributed by atoms with van der Waals surface area (Å²) in [6.45, 7) is 2.80. The molecular weight excluding hydrogens is 545 g/mol. The van der Waals surface area contributed by atoms with Gasteiger partial charge < -0.3 is 16.8 Å². The lowest BCUT2D eigenvalue weighted by molar-refractivity contribution is -0.116. The molecule has 1 atom stereocenters. The fourth-order valence-electron chi connectivity index (χ4n) is 4.51. The van der Waals surface area contributed by atoms with Gasteiger partial charge in [0.1, 0.15) is 5.84 Å². The molecular formula is C30H40N4O2S3. The van der Waals surface area contributed by atoms with Crippen molar-refractivity contribution in [1.82, 2.24) is 0 Å². The highest BCUT2D eigenvalue weighted by molar-refractivity contribution is 8.01. The van der Waals surface area contributed by atoms with Crippen molar-refractivity contribution in [3.63, 3.8) is 0 Å². The molecule has 2 aromatic carbocycles. The smallest absolute Gasteiger partial charge is 0.224 e. The molecule has 3 aromatic rings. The van der Waals surface area contributed by atoms with Gasteiger partial charge in [0, 0.05) is 22.6 Å². The molecule has 1 aromatic heterocycles. The van der Waals surface area contributed by atoms with E-state index in [0.29, 0.717) is 21.1 Å². The molecule has 0 radical (unpaired) electrons. The summed E-state index contributed by atoms with van der Waals surface area (Å²) in [5.74, 6) is -0.00454. The Balaban J connectivity index is 1.68. The topological polar surface area (TPSA) is 122 Å². The summed E-state index contributed by atoms with van der Waals surface area (Å²) in [6, 6.07) is 15.3. The van der Waals surface area contributed by atoms with Gasteiger partial charge in [0.15, 0.2) is 0 Å². The predicted molar refractivity (Wildman–Crippen MR) is 168 cm³/mol. The molecule has 6 N–H and O–H groups in total. The summed E-state index contributed by atoms with van der Waals surface area (Å²) in [6.07, 6.45) is 11.6. The third-order valence-corrected chi connectivity index (χ3v) is 10.5. The summed E-state index contributed by atoms with van der Waals surface area (Å²) >= 11 is 2.89. The second kappa shape index (κ2) is 16.0. The van der Waals surface area contributed by atoms with Crippen LogP contribution in [0.25, 0.3) is 11.1 Å². The molecule has 0 saturated carbocycles. The maximum atomic E-state index is 13.6. The van der Waals surface area contributed by atoms with Crippen molar-refractivity contribution in [3.05, 3.63) is 59.0 Å². The number of nitrogens with one attached hydrogen (secondary N) is 2. The van der Waals surface area contributed by atoms with Crippen LogP contribution in [0.5, 0.6) is 0 Å². The van der Waals surface area contributed by atoms with E-state index in [2.05, 4.69) is 5.32 Å². The SMILES string of the molecule is CSc1sc(C(=N)N)cc1S(=O)c1cccc(-c2c(C)cccc2NC(=O)CCCCCCCCCCN)c1. The highest BCUT2D eigenvalue weighted by atomic mass is 32.2. The number of carbonyl (C=O) groups excluding carboxylic acids is 1. The molecule has 3 rings (SSSR count). The first-order valence-electron chi connectivity index (χ1n) is 13.5. The summed E-state index contributed by atoms with van der Waals surface area (Å²) in [5.41, 5.74) is 14.9. The van der Waals surface area contributed by atoms with E-state index in [1.165, 1.54) is 48.8 Å². The second-order valence-corrected chi connectivity index (χ2v) is 13.2. The number of nitrogen functional groups attached to an aromatic ring is 1. The number of nitrogens with two attached hydrogens (primary N) is 2. The lowest BCUT2D eigenvalue weighted by atomic mass is 9.98. The number of amides is 1. The van der Waals surface area contributed by atoms with Crippen LogP contribution in [0.1, 0.15) is 68.2 Å². The minimum Gasteiger partial charge on any atom is -0.383 e. The fourth-order valence-corrected chi connectivity index (χ4v) is 7.99. The third kappa shape index (κ3) is 9.03. The van der Waals surface area contributed by atoms with Crippen molar-refractivity contribution in [1.29, 1.82) is 5.41 Å². The summed E-state index contributed by atoms with van der Waals surface area (Å²) in [4.78, 5) is 14.8. The van der Waals surface area contributed by atoms with Gasteiger partial charge in [-0.3, -0.25) is 10.2 Å². The van der Waals surface area contributed by atoms with E-state index in [0.717, 1.165) is 58.8 Å². The first-order valence-corrected chi connectivity index (χ1v) is 16.7. The number of carbonyl (C=O) groups is 1. The Labute approximate surface area is 243 Å². The molecule has 0 aliphatic rings. The van der Waals surface area contributed by atoms with Crippen LogP contribution in [0.2, 0.25) is 0 Å². The normalized spacial score (nSPS) is 11.9. The maximum absolute atomic E-state index is 13.6. The average Bonchev–Trinajstić information content (AvgIpc) is 3.37. The van der Waals surface area contributed by atoms with Crippen LogP contribution in [0, 0.1) is 12.3 Å².